The smallest absolute Gasteiger partial charge is 0.284 e. The lowest BCUT2D eigenvalue weighted by Crippen LogP contribution is -2.31. The molecule has 2 aromatic rings. The number of halogens is 2. The Hall–Kier alpha value is -1.19. The Kier molecular flexibility index (Phi) is 5.41. The molecule has 1 heterocycles. The highest BCUT2D eigenvalue weighted by atomic mass is 35.5. The van der Waals surface area contributed by atoms with Gasteiger partial charge in [0, 0.05) is 17.5 Å². The van der Waals surface area contributed by atoms with E-state index in [1.54, 1.807) is 0 Å². The van der Waals surface area contributed by atoms with Crippen molar-refractivity contribution in [2.24, 2.45) is 0 Å². The Morgan fingerprint density at radius 1 is 1.41 bits per heavy atom. The zero-order chi connectivity index (χ0) is 16.3. The van der Waals surface area contributed by atoms with Crippen molar-refractivity contribution in [3.63, 3.8) is 0 Å². The van der Waals surface area contributed by atoms with E-state index >= 15 is 0 Å². The average molecular weight is 381 g/mol. The number of aromatic nitrogens is 1. The number of nitrogens with zero attached hydrogens (tertiary/aromatic N) is 1. The van der Waals surface area contributed by atoms with Gasteiger partial charge in [0.1, 0.15) is 15.6 Å². The molecule has 0 saturated carbocycles. The van der Waals surface area contributed by atoms with Gasteiger partial charge in [-0.2, -0.15) is 0 Å². The molecule has 6 nitrogen and oxygen atoms in total. The number of carbonyl (C=O) groups excluding carboxylic acids is 1. The normalized spacial score (nSPS) is 11.4. The van der Waals surface area contributed by atoms with Gasteiger partial charge < -0.3 is 4.74 Å². The third kappa shape index (κ3) is 3.96. The molecule has 1 amide bonds. The zero-order valence-electron chi connectivity index (χ0n) is 11.2. The van der Waals surface area contributed by atoms with Crippen molar-refractivity contribution in [1.29, 1.82) is 0 Å². The van der Waals surface area contributed by atoms with Gasteiger partial charge in [-0.05, 0) is 18.2 Å². The highest BCUT2D eigenvalue weighted by molar-refractivity contribution is 7.90. The van der Waals surface area contributed by atoms with Gasteiger partial charge in [0.25, 0.3) is 15.9 Å². The molecule has 0 unspecified atom stereocenters. The van der Waals surface area contributed by atoms with Crippen LogP contribution in [-0.2, 0) is 21.4 Å². The second-order valence-corrected chi connectivity index (χ2v) is 7.51. The number of carbonyl (C=O) groups is 1. The van der Waals surface area contributed by atoms with Gasteiger partial charge in [-0.3, -0.25) is 4.79 Å². The molecule has 1 N–H and O–H groups in total. The second kappa shape index (κ2) is 6.93. The van der Waals surface area contributed by atoms with E-state index in [9.17, 15) is 13.2 Å². The first-order chi connectivity index (χ1) is 10.3. The topological polar surface area (TPSA) is 85.4 Å². The summed E-state index contributed by atoms with van der Waals surface area (Å²) in [5.74, 6) is -0.852. The number of hydrogen-bond donors (Lipinski definition) is 1. The monoisotopic (exact) mass is 380 g/mol. The Morgan fingerprint density at radius 2 is 2.14 bits per heavy atom. The van der Waals surface area contributed by atoms with Crippen LogP contribution >= 0.6 is 34.5 Å². The summed E-state index contributed by atoms with van der Waals surface area (Å²) in [5, 5.41) is 2.15. The van der Waals surface area contributed by atoms with Crippen molar-refractivity contribution >= 4 is 50.5 Å². The van der Waals surface area contributed by atoms with E-state index in [1.165, 1.54) is 36.0 Å². The fourth-order valence-corrected chi connectivity index (χ4v) is 3.99. The second-order valence-electron chi connectivity index (χ2n) is 4.07. The molecule has 0 bridgehead atoms. The van der Waals surface area contributed by atoms with Crippen LogP contribution in [0.1, 0.15) is 15.5 Å². The number of sulfonamides is 1. The van der Waals surface area contributed by atoms with Crippen LogP contribution in [-0.4, -0.2) is 26.4 Å². The van der Waals surface area contributed by atoms with Crippen molar-refractivity contribution in [3.05, 3.63) is 44.3 Å². The highest BCUT2D eigenvalue weighted by Crippen LogP contribution is 2.25. The minimum absolute atomic E-state index is 0.0150. The maximum Gasteiger partial charge on any atom is 0.284 e. The molecule has 0 fully saturated rings. The van der Waals surface area contributed by atoms with Crippen LogP contribution in [0.25, 0.3) is 0 Å². The zero-order valence-corrected chi connectivity index (χ0v) is 14.3. The molecule has 10 heteroatoms. The van der Waals surface area contributed by atoms with Crippen LogP contribution in [0.5, 0.6) is 0 Å². The van der Waals surface area contributed by atoms with E-state index in [2.05, 4.69) is 4.98 Å². The minimum Gasteiger partial charge on any atom is -0.378 e. The first-order valence-electron chi connectivity index (χ1n) is 5.79. The first-order valence-corrected chi connectivity index (χ1v) is 8.91. The van der Waals surface area contributed by atoms with Crippen LogP contribution in [0.2, 0.25) is 10.0 Å². The molecule has 0 aliphatic carbocycles. The van der Waals surface area contributed by atoms with Crippen LogP contribution in [0.3, 0.4) is 0 Å². The van der Waals surface area contributed by atoms with E-state index in [4.69, 9.17) is 27.9 Å². The fourth-order valence-electron chi connectivity index (χ4n) is 1.52. The van der Waals surface area contributed by atoms with E-state index < -0.39 is 15.9 Å². The first kappa shape index (κ1) is 17.2. The largest absolute Gasteiger partial charge is 0.378 e. The van der Waals surface area contributed by atoms with Crippen LogP contribution in [0, 0.1) is 0 Å². The van der Waals surface area contributed by atoms with Crippen molar-refractivity contribution in [3.8, 4) is 0 Å². The summed E-state index contributed by atoms with van der Waals surface area (Å²) in [6.45, 7) is 0.241. The van der Waals surface area contributed by atoms with Gasteiger partial charge in [-0.25, -0.2) is 18.1 Å². The molecule has 118 valence electrons. The summed E-state index contributed by atoms with van der Waals surface area (Å²) in [7, 11) is -2.65. The maximum atomic E-state index is 12.2. The molecular formula is C12H10Cl2N2O4S2. The lowest BCUT2D eigenvalue weighted by molar-refractivity contribution is 0.0976. The molecule has 22 heavy (non-hydrogen) atoms. The Bertz CT molecular complexity index is 805. The summed E-state index contributed by atoms with van der Waals surface area (Å²) >= 11 is 12.8. The van der Waals surface area contributed by atoms with Gasteiger partial charge in [0.2, 0.25) is 0 Å². The summed E-state index contributed by atoms with van der Waals surface area (Å²) in [4.78, 5) is 15.7. The van der Waals surface area contributed by atoms with Gasteiger partial charge in [-0.15, -0.1) is 11.3 Å². The fraction of sp³-hybridized carbons (Fsp3) is 0.167. The van der Waals surface area contributed by atoms with Gasteiger partial charge in [-0.1, -0.05) is 23.2 Å². The summed E-state index contributed by atoms with van der Waals surface area (Å²) in [6, 6.07) is 3.95. The minimum atomic E-state index is -4.15. The van der Waals surface area contributed by atoms with Crippen molar-refractivity contribution < 1.29 is 17.9 Å². The van der Waals surface area contributed by atoms with Gasteiger partial charge >= 0.3 is 0 Å². The number of thiazole rings is 1. The average Bonchev–Trinajstić information content (AvgIpc) is 2.90. The van der Waals surface area contributed by atoms with E-state index in [0.29, 0.717) is 5.01 Å². The number of benzene rings is 1. The number of hydrogen-bond acceptors (Lipinski definition) is 6. The highest BCUT2D eigenvalue weighted by Gasteiger charge is 2.23. The molecule has 0 aliphatic heterocycles. The Balaban J connectivity index is 2.24. The van der Waals surface area contributed by atoms with Crippen LogP contribution in [0.4, 0.5) is 0 Å². The van der Waals surface area contributed by atoms with Crippen molar-refractivity contribution in [2.75, 3.05) is 7.11 Å². The predicted octanol–water partition coefficient (Wildman–Crippen LogP) is 2.72. The van der Waals surface area contributed by atoms with E-state index in [1.807, 2.05) is 4.72 Å². The van der Waals surface area contributed by atoms with Crippen molar-refractivity contribution in [2.45, 2.75) is 11.5 Å². The van der Waals surface area contributed by atoms with E-state index in [0.717, 1.165) is 6.07 Å². The quantitative estimate of drug-likeness (QED) is 0.861. The summed E-state index contributed by atoms with van der Waals surface area (Å²) in [5.41, 5.74) is -0.0150. The number of amides is 1. The predicted molar refractivity (Wildman–Crippen MR) is 83.9 cm³/mol. The summed E-state index contributed by atoms with van der Waals surface area (Å²) in [6.07, 6.45) is 0. The van der Waals surface area contributed by atoms with Crippen molar-refractivity contribution in [1.82, 2.24) is 9.71 Å². The number of nitrogens with one attached hydrogen (secondary N) is 1. The molecule has 0 atom stereocenters. The van der Waals surface area contributed by atoms with E-state index in [-0.39, 0.29) is 27.2 Å². The molecular weight excluding hydrogens is 371 g/mol. The number of methoxy groups -OCH3 is 1. The summed E-state index contributed by atoms with van der Waals surface area (Å²) < 4.78 is 31.2. The molecule has 1 aromatic carbocycles. The number of rotatable bonds is 5. The lowest BCUT2D eigenvalue weighted by atomic mass is 10.4. The lowest BCUT2D eigenvalue weighted by Gasteiger charge is -2.07. The maximum absolute atomic E-state index is 12.2. The molecule has 1 aromatic heterocycles. The third-order valence-electron chi connectivity index (χ3n) is 2.46. The molecule has 0 radical (unpaired) electrons. The molecule has 0 aliphatic rings. The standard InChI is InChI=1S/C12H10Cl2N2O4S2/c1-20-5-11-15-9(6-21-11)12(17)16-22(18,19)10-4-7(13)2-3-8(10)14/h2-4,6H,5H2,1H3,(H,16,17). The molecule has 2 rings (SSSR count). The van der Waals surface area contributed by atoms with Gasteiger partial charge in [0.05, 0.1) is 11.6 Å². The Labute approximate surface area is 141 Å². The SMILES string of the molecule is COCc1nc(C(=O)NS(=O)(=O)c2cc(Cl)ccc2Cl)cs1. The van der Waals surface area contributed by atoms with Crippen LogP contribution in [0.15, 0.2) is 28.5 Å². The number of ether oxygens (including phenoxy) is 1. The van der Waals surface area contributed by atoms with Gasteiger partial charge in [0.15, 0.2) is 0 Å². The third-order valence-corrected chi connectivity index (χ3v) is 5.33. The van der Waals surface area contributed by atoms with Crippen LogP contribution < -0.4 is 4.72 Å². The molecule has 0 spiro atoms. The molecule has 0 saturated heterocycles. The Morgan fingerprint density at radius 3 is 2.82 bits per heavy atom.